The van der Waals surface area contributed by atoms with Crippen LogP contribution in [0.3, 0.4) is 0 Å². The van der Waals surface area contributed by atoms with E-state index in [0.29, 0.717) is 17.6 Å². The van der Waals surface area contributed by atoms with Crippen molar-refractivity contribution in [3.63, 3.8) is 0 Å². The van der Waals surface area contributed by atoms with Gasteiger partial charge in [0.1, 0.15) is 5.82 Å². The summed E-state index contributed by atoms with van der Waals surface area (Å²) in [4.78, 5) is 18.9. The number of amides is 1. The predicted octanol–water partition coefficient (Wildman–Crippen LogP) is 5.88. The maximum absolute atomic E-state index is 14.5. The van der Waals surface area contributed by atoms with Crippen molar-refractivity contribution in [3.8, 4) is 0 Å². The van der Waals surface area contributed by atoms with Crippen LogP contribution < -0.4 is 5.32 Å². The standard InChI is InChI=1S/C29H32FN3O/c1-18(2)26-15-24(27(30)12-20(26)4)17-33(7)29(34)21(5)11-25(31-6)14-22-8-9-28-23(13-22)10-19(3)16-32-28/h8-13,15-16,31H,1,5,14,17H2,2-4,6-7H3/b25-11-. The third-order valence-electron chi connectivity index (χ3n) is 5.83. The predicted molar refractivity (Wildman–Crippen MR) is 139 cm³/mol. The SMILES string of the molecule is C=C(/C=C(/Cc1ccc2ncc(C)cc2c1)NC)C(=O)N(C)Cc1cc(C(=C)C)c(C)cc1F. The van der Waals surface area contributed by atoms with Crippen LogP contribution >= 0.6 is 0 Å². The summed E-state index contributed by atoms with van der Waals surface area (Å²) in [6, 6.07) is 11.5. The number of allylic oxidation sites excluding steroid dienone is 2. The lowest BCUT2D eigenvalue weighted by atomic mass is 9.99. The maximum atomic E-state index is 14.5. The summed E-state index contributed by atoms with van der Waals surface area (Å²) in [6.07, 6.45) is 4.22. The number of carbonyl (C=O) groups is 1. The van der Waals surface area contributed by atoms with E-state index in [1.165, 1.54) is 11.0 Å². The zero-order valence-electron chi connectivity index (χ0n) is 20.6. The molecule has 0 atom stereocenters. The van der Waals surface area contributed by atoms with Crippen LogP contribution in [-0.4, -0.2) is 29.9 Å². The molecule has 5 heteroatoms. The van der Waals surface area contributed by atoms with Gasteiger partial charge in [-0.1, -0.05) is 24.8 Å². The van der Waals surface area contributed by atoms with Crippen molar-refractivity contribution in [1.29, 1.82) is 0 Å². The second-order valence-electron chi connectivity index (χ2n) is 8.86. The van der Waals surface area contributed by atoms with Gasteiger partial charge in [-0.15, -0.1) is 0 Å². The van der Waals surface area contributed by atoms with E-state index in [1.807, 2.05) is 46.1 Å². The van der Waals surface area contributed by atoms with Gasteiger partial charge in [0, 0.05) is 55.5 Å². The molecule has 3 aromatic rings. The highest BCUT2D eigenvalue weighted by Crippen LogP contribution is 2.23. The van der Waals surface area contributed by atoms with Gasteiger partial charge in [-0.25, -0.2) is 4.39 Å². The number of nitrogens with one attached hydrogen (secondary N) is 1. The van der Waals surface area contributed by atoms with Crippen molar-refractivity contribution in [2.24, 2.45) is 0 Å². The Bertz CT molecular complexity index is 1310. The average Bonchev–Trinajstić information content (AvgIpc) is 2.79. The molecular weight excluding hydrogens is 425 g/mol. The Kier molecular flexibility index (Phi) is 7.67. The number of hydrogen-bond acceptors (Lipinski definition) is 3. The minimum absolute atomic E-state index is 0.143. The Hall–Kier alpha value is -3.73. The zero-order valence-corrected chi connectivity index (χ0v) is 20.6. The summed E-state index contributed by atoms with van der Waals surface area (Å²) in [6.45, 7) is 13.8. The van der Waals surface area contributed by atoms with Crippen LogP contribution in [0.25, 0.3) is 16.5 Å². The third kappa shape index (κ3) is 5.79. The van der Waals surface area contributed by atoms with E-state index < -0.39 is 0 Å². The fourth-order valence-electron chi connectivity index (χ4n) is 3.98. The lowest BCUT2D eigenvalue weighted by molar-refractivity contribution is -0.126. The summed E-state index contributed by atoms with van der Waals surface area (Å²) in [5.74, 6) is -0.594. The van der Waals surface area contributed by atoms with Gasteiger partial charge in [-0.05, 0) is 79.4 Å². The molecule has 34 heavy (non-hydrogen) atoms. The van der Waals surface area contributed by atoms with E-state index in [4.69, 9.17) is 0 Å². The summed E-state index contributed by atoms with van der Waals surface area (Å²) < 4.78 is 14.5. The second-order valence-corrected chi connectivity index (χ2v) is 8.86. The number of halogens is 1. The first-order chi connectivity index (χ1) is 16.1. The van der Waals surface area contributed by atoms with Gasteiger partial charge in [0.05, 0.1) is 5.52 Å². The molecule has 0 radical (unpaired) electrons. The number of aryl methyl sites for hydroxylation is 2. The summed E-state index contributed by atoms with van der Waals surface area (Å²) in [5, 5.41) is 4.24. The van der Waals surface area contributed by atoms with Crippen LogP contribution in [0.1, 0.15) is 34.7 Å². The Morgan fingerprint density at radius 1 is 1.18 bits per heavy atom. The molecule has 4 nitrogen and oxygen atoms in total. The number of carbonyl (C=O) groups excluding carboxylic acids is 1. The summed E-state index contributed by atoms with van der Waals surface area (Å²) in [7, 11) is 3.47. The van der Waals surface area contributed by atoms with Gasteiger partial charge < -0.3 is 10.2 Å². The fraction of sp³-hybridized carbons (Fsp3) is 0.241. The van der Waals surface area contributed by atoms with Gasteiger partial charge in [0.15, 0.2) is 0 Å². The van der Waals surface area contributed by atoms with Crippen LogP contribution in [0.2, 0.25) is 0 Å². The molecule has 0 aliphatic rings. The lowest BCUT2D eigenvalue weighted by Crippen LogP contribution is -2.27. The van der Waals surface area contributed by atoms with E-state index in [9.17, 15) is 9.18 Å². The van der Waals surface area contributed by atoms with Gasteiger partial charge in [0.25, 0.3) is 5.91 Å². The molecule has 2 aromatic carbocycles. The molecule has 0 aliphatic carbocycles. The lowest BCUT2D eigenvalue weighted by Gasteiger charge is -2.20. The normalized spacial score (nSPS) is 11.4. The first kappa shape index (κ1) is 24.9. The van der Waals surface area contributed by atoms with Crippen molar-refractivity contribution in [2.75, 3.05) is 14.1 Å². The monoisotopic (exact) mass is 457 g/mol. The summed E-state index contributed by atoms with van der Waals surface area (Å²) >= 11 is 0. The molecule has 1 N–H and O–H groups in total. The minimum Gasteiger partial charge on any atom is -0.391 e. The number of rotatable bonds is 8. The number of likely N-dealkylation sites (N-methyl/N-ethyl adjacent to an activating group) is 2. The van der Waals surface area contributed by atoms with Gasteiger partial charge in [-0.3, -0.25) is 9.78 Å². The van der Waals surface area contributed by atoms with Gasteiger partial charge in [0.2, 0.25) is 0 Å². The third-order valence-corrected chi connectivity index (χ3v) is 5.83. The van der Waals surface area contributed by atoms with Crippen molar-refractivity contribution in [1.82, 2.24) is 15.2 Å². The van der Waals surface area contributed by atoms with Crippen molar-refractivity contribution < 1.29 is 9.18 Å². The maximum Gasteiger partial charge on any atom is 0.253 e. The van der Waals surface area contributed by atoms with Crippen LogP contribution in [0, 0.1) is 19.7 Å². The van der Waals surface area contributed by atoms with E-state index >= 15 is 0 Å². The van der Waals surface area contributed by atoms with Crippen molar-refractivity contribution >= 4 is 22.4 Å². The first-order valence-corrected chi connectivity index (χ1v) is 11.2. The topological polar surface area (TPSA) is 45.2 Å². The van der Waals surface area contributed by atoms with Crippen LogP contribution in [-0.2, 0) is 17.8 Å². The van der Waals surface area contributed by atoms with E-state index in [-0.39, 0.29) is 18.3 Å². The summed E-state index contributed by atoms with van der Waals surface area (Å²) in [5.41, 5.74) is 7.38. The van der Waals surface area contributed by atoms with E-state index in [1.54, 1.807) is 19.2 Å². The molecule has 0 unspecified atom stereocenters. The van der Waals surface area contributed by atoms with Crippen LogP contribution in [0.15, 0.2) is 73.1 Å². The second kappa shape index (κ2) is 10.5. The van der Waals surface area contributed by atoms with E-state index in [2.05, 4.69) is 35.6 Å². The number of hydrogen-bond donors (Lipinski definition) is 1. The molecule has 3 rings (SSSR count). The first-order valence-electron chi connectivity index (χ1n) is 11.2. The molecule has 1 heterocycles. The highest BCUT2D eigenvalue weighted by Gasteiger charge is 2.16. The van der Waals surface area contributed by atoms with E-state index in [0.717, 1.165) is 44.4 Å². The van der Waals surface area contributed by atoms with Crippen LogP contribution in [0.5, 0.6) is 0 Å². The Labute approximate surface area is 201 Å². The van der Waals surface area contributed by atoms with Crippen molar-refractivity contribution in [3.05, 3.63) is 107 Å². The molecule has 1 aromatic heterocycles. The molecule has 176 valence electrons. The largest absolute Gasteiger partial charge is 0.391 e. The van der Waals surface area contributed by atoms with Gasteiger partial charge in [-0.2, -0.15) is 0 Å². The van der Waals surface area contributed by atoms with Gasteiger partial charge >= 0.3 is 0 Å². The quantitative estimate of drug-likeness (QED) is 0.339. The molecule has 0 saturated heterocycles. The Morgan fingerprint density at radius 2 is 1.91 bits per heavy atom. The molecule has 0 fully saturated rings. The number of aromatic nitrogens is 1. The highest BCUT2D eigenvalue weighted by atomic mass is 19.1. The average molecular weight is 458 g/mol. The Balaban J connectivity index is 1.75. The highest BCUT2D eigenvalue weighted by molar-refractivity contribution is 5.95. The zero-order chi connectivity index (χ0) is 25.0. The molecule has 0 saturated carbocycles. The minimum atomic E-state index is -0.333. The smallest absolute Gasteiger partial charge is 0.253 e. The molecule has 0 aliphatic heterocycles. The number of fused-ring (bicyclic) bond motifs is 1. The number of nitrogens with zero attached hydrogens (tertiary/aromatic N) is 2. The van der Waals surface area contributed by atoms with Crippen LogP contribution in [0.4, 0.5) is 4.39 Å². The molecular formula is C29H32FN3O. The fourth-order valence-corrected chi connectivity index (χ4v) is 3.98. The Morgan fingerprint density at radius 3 is 2.59 bits per heavy atom. The number of pyridine rings is 1. The molecule has 0 spiro atoms. The van der Waals surface area contributed by atoms with Crippen molar-refractivity contribution in [2.45, 2.75) is 33.7 Å². The number of benzene rings is 2. The molecule has 0 bridgehead atoms. The molecule has 1 amide bonds.